The fourth-order valence-corrected chi connectivity index (χ4v) is 5.24. The first-order chi connectivity index (χ1) is 16.1. The highest BCUT2D eigenvalue weighted by atomic mass is 32.1. The topological polar surface area (TPSA) is 55.2 Å². The summed E-state index contributed by atoms with van der Waals surface area (Å²) >= 11 is 1.39. The number of aromatic nitrogens is 2. The maximum Gasteiger partial charge on any atom is 0.271 e. The summed E-state index contributed by atoms with van der Waals surface area (Å²) in [5.41, 5.74) is 3.74. The van der Waals surface area contributed by atoms with Gasteiger partial charge in [0.25, 0.3) is 5.56 Å². The molecule has 3 heterocycles. The lowest BCUT2D eigenvalue weighted by Gasteiger charge is -2.26. The van der Waals surface area contributed by atoms with Crippen LogP contribution in [0.25, 0.3) is 20.7 Å². The molecule has 1 saturated heterocycles. The van der Waals surface area contributed by atoms with Gasteiger partial charge in [-0.25, -0.2) is 9.37 Å². The van der Waals surface area contributed by atoms with Gasteiger partial charge in [-0.15, -0.1) is 11.3 Å². The van der Waals surface area contributed by atoms with E-state index in [-0.39, 0.29) is 17.3 Å². The molecule has 5 nitrogen and oxygen atoms in total. The van der Waals surface area contributed by atoms with Crippen LogP contribution in [0.5, 0.6) is 0 Å². The van der Waals surface area contributed by atoms with Crippen LogP contribution in [-0.4, -0.2) is 26.9 Å². The Bertz CT molecular complexity index is 1340. The van der Waals surface area contributed by atoms with Crippen molar-refractivity contribution in [1.82, 2.24) is 14.5 Å². The number of hydrogen-bond donors (Lipinski definition) is 0. The minimum absolute atomic E-state index is 0.0569. The third-order valence-electron chi connectivity index (χ3n) is 6.09. The first kappa shape index (κ1) is 21.5. The number of likely N-dealkylation sites (tertiary alicyclic amines) is 1. The average Bonchev–Trinajstić information content (AvgIpc) is 3.27. The summed E-state index contributed by atoms with van der Waals surface area (Å²) in [5, 5.41) is 0. The van der Waals surface area contributed by atoms with E-state index < -0.39 is 0 Å². The average molecular weight is 462 g/mol. The van der Waals surface area contributed by atoms with Gasteiger partial charge in [0.1, 0.15) is 10.5 Å². The second-order valence-corrected chi connectivity index (χ2v) is 9.47. The monoisotopic (exact) mass is 461 g/mol. The Balaban J connectivity index is 1.27. The molecular formula is C26H24FN3O2S. The zero-order chi connectivity index (χ0) is 22.8. The molecule has 0 atom stereocenters. The number of fused-ring (bicyclic) bond motifs is 1. The maximum atomic E-state index is 13.2. The van der Waals surface area contributed by atoms with Gasteiger partial charge >= 0.3 is 0 Å². The van der Waals surface area contributed by atoms with Gasteiger partial charge in [0.15, 0.2) is 0 Å². The van der Waals surface area contributed by atoms with E-state index in [1.807, 2.05) is 11.0 Å². The second-order valence-electron chi connectivity index (χ2n) is 8.41. The smallest absolute Gasteiger partial charge is 0.271 e. The molecule has 168 valence electrons. The third kappa shape index (κ3) is 4.73. The minimum Gasteiger partial charge on any atom is -0.338 e. The van der Waals surface area contributed by atoms with E-state index in [0.29, 0.717) is 36.1 Å². The Morgan fingerprint density at radius 2 is 1.73 bits per heavy atom. The standard InChI is InChI=1S/C26H24FN3O2S/c27-21-10-8-20(9-11-21)23-15-22-25(33-23)26(32)30(17-28-22)14-12-18-4-6-19(7-5-18)16-29-13-2-1-3-24(29)31/h4-11,15,17H,1-3,12-14,16H2. The van der Waals surface area contributed by atoms with E-state index in [1.165, 1.54) is 23.5 Å². The molecule has 33 heavy (non-hydrogen) atoms. The Hall–Kier alpha value is -3.32. The van der Waals surface area contributed by atoms with Crippen molar-refractivity contribution in [3.63, 3.8) is 0 Å². The number of nitrogens with zero attached hydrogens (tertiary/aromatic N) is 3. The highest BCUT2D eigenvalue weighted by Crippen LogP contribution is 2.30. The summed E-state index contributed by atoms with van der Waals surface area (Å²) in [6.07, 6.45) is 5.04. The number of halogens is 1. The lowest BCUT2D eigenvalue weighted by Crippen LogP contribution is -2.34. The lowest BCUT2D eigenvalue weighted by atomic mass is 10.1. The predicted octanol–water partition coefficient (Wildman–Crippen LogP) is 5.02. The van der Waals surface area contributed by atoms with Crippen LogP contribution >= 0.6 is 11.3 Å². The van der Waals surface area contributed by atoms with Gasteiger partial charge in [0, 0.05) is 30.9 Å². The minimum atomic E-state index is -0.284. The van der Waals surface area contributed by atoms with Crippen LogP contribution < -0.4 is 5.56 Å². The van der Waals surface area contributed by atoms with E-state index in [1.54, 1.807) is 23.0 Å². The number of hydrogen-bond acceptors (Lipinski definition) is 4. The molecule has 0 radical (unpaired) electrons. The Kier molecular flexibility index (Phi) is 6.05. The largest absolute Gasteiger partial charge is 0.338 e. The fourth-order valence-electron chi connectivity index (χ4n) is 4.17. The van der Waals surface area contributed by atoms with Crippen molar-refractivity contribution in [2.24, 2.45) is 0 Å². The van der Waals surface area contributed by atoms with Gasteiger partial charge in [-0.1, -0.05) is 36.4 Å². The molecule has 0 spiro atoms. The summed E-state index contributed by atoms with van der Waals surface area (Å²) in [6, 6.07) is 16.4. The number of aryl methyl sites for hydroxylation is 2. The molecule has 0 bridgehead atoms. The van der Waals surface area contributed by atoms with Crippen molar-refractivity contribution in [2.75, 3.05) is 6.54 Å². The van der Waals surface area contributed by atoms with Crippen molar-refractivity contribution in [3.05, 3.63) is 88.2 Å². The maximum absolute atomic E-state index is 13.2. The van der Waals surface area contributed by atoms with Crippen LogP contribution in [0.1, 0.15) is 30.4 Å². The number of carbonyl (C=O) groups excluding carboxylic acids is 1. The number of rotatable bonds is 6. The number of carbonyl (C=O) groups is 1. The lowest BCUT2D eigenvalue weighted by molar-refractivity contribution is -0.133. The highest BCUT2D eigenvalue weighted by Gasteiger charge is 2.17. The summed E-state index contributed by atoms with van der Waals surface area (Å²) in [7, 11) is 0. The SMILES string of the molecule is O=C1CCCCN1Cc1ccc(CCn2cnc3cc(-c4ccc(F)cc4)sc3c2=O)cc1. The van der Waals surface area contributed by atoms with Gasteiger partial charge in [0.2, 0.25) is 5.91 Å². The molecule has 0 aliphatic carbocycles. The number of thiophene rings is 1. The van der Waals surface area contributed by atoms with Crippen LogP contribution in [-0.2, 0) is 24.3 Å². The Morgan fingerprint density at radius 3 is 2.48 bits per heavy atom. The van der Waals surface area contributed by atoms with Crippen molar-refractivity contribution >= 4 is 27.5 Å². The van der Waals surface area contributed by atoms with Crippen molar-refractivity contribution < 1.29 is 9.18 Å². The van der Waals surface area contributed by atoms with Crippen LogP contribution in [0.4, 0.5) is 4.39 Å². The molecule has 7 heteroatoms. The van der Waals surface area contributed by atoms with Gasteiger partial charge in [-0.2, -0.15) is 0 Å². The van der Waals surface area contributed by atoms with Crippen LogP contribution in [0.15, 0.2) is 65.7 Å². The number of benzene rings is 2. The molecule has 2 aromatic heterocycles. The van der Waals surface area contributed by atoms with Crippen molar-refractivity contribution in [1.29, 1.82) is 0 Å². The van der Waals surface area contributed by atoms with E-state index in [2.05, 4.69) is 29.2 Å². The van der Waals surface area contributed by atoms with E-state index in [4.69, 9.17) is 0 Å². The molecule has 5 rings (SSSR count). The molecule has 1 aliphatic heterocycles. The van der Waals surface area contributed by atoms with E-state index in [0.717, 1.165) is 41.0 Å². The van der Waals surface area contributed by atoms with Crippen molar-refractivity contribution in [3.8, 4) is 10.4 Å². The molecule has 1 fully saturated rings. The van der Waals surface area contributed by atoms with Crippen molar-refractivity contribution in [2.45, 2.75) is 38.8 Å². The number of amides is 1. The molecule has 0 saturated carbocycles. The predicted molar refractivity (Wildman–Crippen MR) is 129 cm³/mol. The van der Waals surface area contributed by atoms with Crippen LogP contribution in [0.2, 0.25) is 0 Å². The summed E-state index contributed by atoms with van der Waals surface area (Å²) in [4.78, 5) is 32.3. The van der Waals surface area contributed by atoms with Crippen LogP contribution in [0.3, 0.4) is 0 Å². The van der Waals surface area contributed by atoms with Gasteiger partial charge in [0.05, 0.1) is 11.8 Å². The highest BCUT2D eigenvalue weighted by molar-refractivity contribution is 7.22. The van der Waals surface area contributed by atoms with Crippen LogP contribution in [0, 0.1) is 5.82 Å². The summed E-state index contributed by atoms with van der Waals surface area (Å²) in [6.45, 7) is 2.04. The first-order valence-corrected chi connectivity index (χ1v) is 12.0. The third-order valence-corrected chi connectivity index (χ3v) is 7.25. The van der Waals surface area contributed by atoms with Gasteiger partial charge < -0.3 is 4.90 Å². The fraction of sp³-hybridized carbons (Fsp3) is 0.269. The summed E-state index contributed by atoms with van der Waals surface area (Å²) < 4.78 is 15.5. The molecular weight excluding hydrogens is 437 g/mol. The normalized spacial score (nSPS) is 14.2. The number of piperidine rings is 1. The molecule has 0 unspecified atom stereocenters. The zero-order valence-corrected chi connectivity index (χ0v) is 19.0. The van der Waals surface area contributed by atoms with Gasteiger partial charge in [-0.05, 0) is 54.2 Å². The van der Waals surface area contributed by atoms with E-state index >= 15 is 0 Å². The molecule has 4 aromatic rings. The zero-order valence-electron chi connectivity index (χ0n) is 18.2. The molecule has 1 amide bonds. The molecule has 2 aromatic carbocycles. The molecule has 0 N–H and O–H groups in total. The Morgan fingerprint density at radius 1 is 0.970 bits per heavy atom. The summed E-state index contributed by atoms with van der Waals surface area (Å²) in [5.74, 6) is -0.0443. The van der Waals surface area contributed by atoms with Gasteiger partial charge in [-0.3, -0.25) is 14.2 Å². The van der Waals surface area contributed by atoms with E-state index in [9.17, 15) is 14.0 Å². The molecule has 1 aliphatic rings. The first-order valence-electron chi connectivity index (χ1n) is 11.2. The Labute approximate surface area is 195 Å². The second kappa shape index (κ2) is 9.27. The quantitative estimate of drug-likeness (QED) is 0.405.